The highest BCUT2D eigenvalue weighted by atomic mass is 79.9. The SMILES string of the molecule is CCOc1ccc(N(CC(=O)N(Cc2ccc(Br)cc2)[C@H](Cc2ccccc2)C(=O)NC(C)(C)C)S(=O)(=O)c2ccc(F)cc2)cc1. The molecule has 0 aromatic heterocycles. The van der Waals surface area contributed by atoms with E-state index >= 15 is 0 Å². The summed E-state index contributed by atoms with van der Waals surface area (Å²) in [6, 6.07) is 26.5. The third kappa shape index (κ3) is 9.89. The van der Waals surface area contributed by atoms with Crippen LogP contribution in [0.1, 0.15) is 38.8 Å². The van der Waals surface area contributed by atoms with Gasteiger partial charge in [-0.25, -0.2) is 12.8 Å². The van der Waals surface area contributed by atoms with Crippen molar-refractivity contribution in [3.05, 3.63) is 125 Å². The maximum Gasteiger partial charge on any atom is 0.264 e. The van der Waals surface area contributed by atoms with Crippen molar-refractivity contribution in [1.29, 1.82) is 0 Å². The van der Waals surface area contributed by atoms with E-state index in [1.54, 1.807) is 24.3 Å². The number of ether oxygens (including phenoxy) is 1. The zero-order valence-corrected chi connectivity index (χ0v) is 29.2. The molecular weight excluding hydrogens is 685 g/mol. The van der Waals surface area contributed by atoms with Crippen molar-refractivity contribution in [2.75, 3.05) is 17.5 Å². The Morgan fingerprint density at radius 1 is 0.872 bits per heavy atom. The van der Waals surface area contributed by atoms with E-state index in [4.69, 9.17) is 4.74 Å². The molecule has 0 spiro atoms. The van der Waals surface area contributed by atoms with Crippen LogP contribution in [0.3, 0.4) is 0 Å². The monoisotopic (exact) mass is 723 g/mol. The van der Waals surface area contributed by atoms with Crippen LogP contribution < -0.4 is 14.4 Å². The molecule has 0 fully saturated rings. The van der Waals surface area contributed by atoms with E-state index in [1.165, 1.54) is 4.90 Å². The second-order valence-corrected chi connectivity index (χ2v) is 14.8. The number of amides is 2. The number of rotatable bonds is 13. The van der Waals surface area contributed by atoms with E-state index in [1.807, 2.05) is 82.3 Å². The minimum absolute atomic E-state index is 0.0366. The van der Waals surface area contributed by atoms with E-state index in [9.17, 15) is 22.4 Å². The van der Waals surface area contributed by atoms with Gasteiger partial charge < -0.3 is 15.0 Å². The Morgan fingerprint density at radius 3 is 2.06 bits per heavy atom. The first-order valence-electron chi connectivity index (χ1n) is 15.2. The van der Waals surface area contributed by atoms with Gasteiger partial charge in [-0.05, 0) is 99.5 Å². The van der Waals surface area contributed by atoms with Crippen molar-refractivity contribution in [3.8, 4) is 5.75 Å². The van der Waals surface area contributed by atoms with Crippen LogP contribution in [-0.2, 0) is 32.6 Å². The Morgan fingerprint density at radius 2 is 1.49 bits per heavy atom. The largest absolute Gasteiger partial charge is 0.494 e. The number of halogens is 2. The van der Waals surface area contributed by atoms with Gasteiger partial charge in [0.2, 0.25) is 11.8 Å². The molecule has 0 aliphatic carbocycles. The lowest BCUT2D eigenvalue weighted by Crippen LogP contribution is -2.56. The zero-order valence-electron chi connectivity index (χ0n) is 26.8. The Labute approximate surface area is 284 Å². The number of nitrogens with one attached hydrogen (secondary N) is 1. The van der Waals surface area contributed by atoms with Gasteiger partial charge in [0.1, 0.15) is 24.2 Å². The summed E-state index contributed by atoms with van der Waals surface area (Å²) < 4.78 is 49.4. The number of carbonyl (C=O) groups excluding carboxylic acids is 2. The fraction of sp³-hybridized carbons (Fsp3) is 0.278. The molecule has 0 heterocycles. The number of hydrogen-bond donors (Lipinski definition) is 1. The predicted octanol–water partition coefficient (Wildman–Crippen LogP) is 6.74. The van der Waals surface area contributed by atoms with Crippen molar-refractivity contribution in [2.45, 2.75) is 57.1 Å². The van der Waals surface area contributed by atoms with Crippen molar-refractivity contribution in [1.82, 2.24) is 10.2 Å². The fourth-order valence-electron chi connectivity index (χ4n) is 4.93. The van der Waals surface area contributed by atoms with E-state index < -0.39 is 39.9 Å². The van der Waals surface area contributed by atoms with Crippen LogP contribution in [-0.4, -0.2) is 49.9 Å². The molecule has 0 saturated heterocycles. The fourth-order valence-corrected chi connectivity index (χ4v) is 6.61. The van der Waals surface area contributed by atoms with Crippen LogP contribution in [0.25, 0.3) is 0 Å². The zero-order chi connectivity index (χ0) is 34.2. The van der Waals surface area contributed by atoms with Gasteiger partial charge in [-0.2, -0.15) is 0 Å². The normalized spacial score (nSPS) is 12.2. The van der Waals surface area contributed by atoms with Crippen LogP contribution in [0.15, 0.2) is 112 Å². The third-order valence-electron chi connectivity index (χ3n) is 7.15. The third-order valence-corrected chi connectivity index (χ3v) is 9.47. The minimum Gasteiger partial charge on any atom is -0.494 e. The summed E-state index contributed by atoms with van der Waals surface area (Å²) in [4.78, 5) is 29.8. The molecule has 4 aromatic rings. The van der Waals surface area contributed by atoms with Gasteiger partial charge in [-0.3, -0.25) is 13.9 Å². The van der Waals surface area contributed by atoms with Gasteiger partial charge in [-0.1, -0.05) is 58.4 Å². The smallest absolute Gasteiger partial charge is 0.264 e. The lowest BCUT2D eigenvalue weighted by atomic mass is 10.0. The van der Waals surface area contributed by atoms with E-state index in [-0.39, 0.29) is 29.5 Å². The van der Waals surface area contributed by atoms with Crippen LogP contribution in [0.2, 0.25) is 0 Å². The molecule has 0 aliphatic heterocycles. The molecule has 0 saturated carbocycles. The molecule has 11 heteroatoms. The van der Waals surface area contributed by atoms with Crippen molar-refractivity contribution in [2.24, 2.45) is 0 Å². The predicted molar refractivity (Wildman–Crippen MR) is 185 cm³/mol. The van der Waals surface area contributed by atoms with Crippen molar-refractivity contribution in [3.63, 3.8) is 0 Å². The first kappa shape index (κ1) is 35.6. The van der Waals surface area contributed by atoms with Gasteiger partial charge in [0.25, 0.3) is 10.0 Å². The second kappa shape index (κ2) is 15.6. The number of benzene rings is 4. The molecule has 1 N–H and O–H groups in total. The molecular formula is C36H39BrFN3O5S. The van der Waals surface area contributed by atoms with Gasteiger partial charge in [0.15, 0.2) is 0 Å². The first-order valence-corrected chi connectivity index (χ1v) is 17.4. The Hall–Kier alpha value is -4.22. The van der Waals surface area contributed by atoms with E-state index in [0.29, 0.717) is 12.4 Å². The number of sulfonamides is 1. The van der Waals surface area contributed by atoms with Crippen LogP contribution >= 0.6 is 15.9 Å². The highest BCUT2D eigenvalue weighted by molar-refractivity contribution is 9.10. The second-order valence-electron chi connectivity index (χ2n) is 12.0. The van der Waals surface area contributed by atoms with E-state index in [0.717, 1.165) is 44.2 Å². The average molecular weight is 725 g/mol. The van der Waals surface area contributed by atoms with Gasteiger partial charge in [0, 0.05) is 23.0 Å². The molecule has 0 bridgehead atoms. The summed E-state index contributed by atoms with van der Waals surface area (Å²) in [7, 11) is -4.37. The Bertz CT molecular complexity index is 1750. The first-order chi connectivity index (χ1) is 22.3. The molecule has 4 aromatic carbocycles. The number of carbonyl (C=O) groups is 2. The Kier molecular flexibility index (Phi) is 11.8. The number of anilines is 1. The highest BCUT2D eigenvalue weighted by Gasteiger charge is 2.35. The minimum atomic E-state index is -4.37. The lowest BCUT2D eigenvalue weighted by Gasteiger charge is -2.35. The maximum absolute atomic E-state index is 14.5. The molecule has 2 amide bonds. The van der Waals surface area contributed by atoms with Crippen molar-refractivity contribution < 1.29 is 27.1 Å². The van der Waals surface area contributed by atoms with E-state index in [2.05, 4.69) is 21.2 Å². The summed E-state index contributed by atoms with van der Waals surface area (Å²) in [6.45, 7) is 7.23. The summed E-state index contributed by atoms with van der Waals surface area (Å²) in [5, 5.41) is 3.01. The molecule has 0 unspecified atom stereocenters. The standard InChI is InChI=1S/C36H39BrFN3O5S/c1-5-46-31-19-17-30(18-20-31)41(47(44,45)32-21-15-29(38)16-22-32)25-34(42)40(24-27-11-13-28(37)14-12-27)33(35(43)39-36(2,3)4)23-26-9-7-6-8-10-26/h6-22,33H,5,23-25H2,1-4H3,(H,39,43)/t33-/m1/s1. The molecule has 0 radical (unpaired) electrons. The number of hydrogen-bond acceptors (Lipinski definition) is 5. The summed E-state index contributed by atoms with van der Waals surface area (Å²) in [6.07, 6.45) is 0.193. The quantitative estimate of drug-likeness (QED) is 0.165. The molecule has 4 rings (SSSR count). The lowest BCUT2D eigenvalue weighted by molar-refractivity contribution is -0.140. The molecule has 248 valence electrons. The molecule has 8 nitrogen and oxygen atoms in total. The summed E-state index contributed by atoms with van der Waals surface area (Å²) >= 11 is 3.44. The van der Waals surface area contributed by atoms with Crippen molar-refractivity contribution >= 4 is 43.5 Å². The summed E-state index contributed by atoms with van der Waals surface area (Å²) in [5.41, 5.74) is 1.18. The molecule has 1 atom stereocenters. The molecule has 0 aliphatic rings. The number of nitrogens with zero attached hydrogens (tertiary/aromatic N) is 2. The van der Waals surface area contributed by atoms with Crippen LogP contribution in [0.4, 0.5) is 10.1 Å². The van der Waals surface area contributed by atoms with Crippen LogP contribution in [0.5, 0.6) is 5.75 Å². The van der Waals surface area contributed by atoms with Gasteiger partial charge >= 0.3 is 0 Å². The molecule has 47 heavy (non-hydrogen) atoms. The highest BCUT2D eigenvalue weighted by Crippen LogP contribution is 2.27. The maximum atomic E-state index is 14.5. The Balaban J connectivity index is 1.81. The average Bonchev–Trinajstić information content (AvgIpc) is 3.03. The van der Waals surface area contributed by atoms with Gasteiger partial charge in [-0.15, -0.1) is 0 Å². The summed E-state index contributed by atoms with van der Waals surface area (Å²) in [5.74, 6) is -1.04. The van der Waals surface area contributed by atoms with Crippen LogP contribution in [0, 0.1) is 5.82 Å². The topological polar surface area (TPSA) is 96.0 Å². The van der Waals surface area contributed by atoms with Gasteiger partial charge in [0.05, 0.1) is 17.2 Å².